The molecule has 1 aromatic heterocycles. The van der Waals surface area contributed by atoms with Crippen molar-refractivity contribution in [3.8, 4) is 5.75 Å². The normalized spacial score (nSPS) is 10.6. The molecule has 0 aliphatic carbocycles. The Bertz CT molecular complexity index is 554. The summed E-state index contributed by atoms with van der Waals surface area (Å²) in [5.74, 6) is 1.43. The molecule has 6 nitrogen and oxygen atoms in total. The molecule has 2 rings (SSSR count). The van der Waals surface area contributed by atoms with E-state index >= 15 is 0 Å². The van der Waals surface area contributed by atoms with Gasteiger partial charge in [0.25, 0.3) is 0 Å². The molecule has 2 aromatic rings. The SMILES string of the molecule is CCCNCc1nnc(Nc2ccc(OC)c(C)c2)o1. The number of hydrogen-bond acceptors (Lipinski definition) is 6. The van der Waals surface area contributed by atoms with Crippen molar-refractivity contribution in [1.82, 2.24) is 15.5 Å². The van der Waals surface area contributed by atoms with Crippen LogP contribution in [0.25, 0.3) is 0 Å². The van der Waals surface area contributed by atoms with Crippen LogP contribution in [-0.4, -0.2) is 23.9 Å². The molecule has 0 aliphatic rings. The van der Waals surface area contributed by atoms with Gasteiger partial charge in [0.05, 0.1) is 13.7 Å². The van der Waals surface area contributed by atoms with Crippen LogP contribution in [0.2, 0.25) is 0 Å². The Hall–Kier alpha value is -2.08. The van der Waals surface area contributed by atoms with E-state index in [0.29, 0.717) is 18.5 Å². The quantitative estimate of drug-likeness (QED) is 0.757. The summed E-state index contributed by atoms with van der Waals surface area (Å²) >= 11 is 0. The zero-order chi connectivity index (χ0) is 14.4. The minimum Gasteiger partial charge on any atom is -0.496 e. The van der Waals surface area contributed by atoms with Crippen LogP contribution in [-0.2, 0) is 6.54 Å². The molecule has 0 radical (unpaired) electrons. The number of nitrogens with zero attached hydrogens (tertiary/aromatic N) is 2. The maximum absolute atomic E-state index is 5.50. The van der Waals surface area contributed by atoms with Crippen molar-refractivity contribution in [3.63, 3.8) is 0 Å². The number of nitrogens with one attached hydrogen (secondary N) is 2. The molecule has 0 aliphatic heterocycles. The molecule has 0 unspecified atom stereocenters. The highest BCUT2D eigenvalue weighted by Gasteiger charge is 2.07. The molecule has 1 heterocycles. The molecule has 0 saturated carbocycles. The molecule has 2 N–H and O–H groups in total. The van der Waals surface area contributed by atoms with E-state index in [1.807, 2.05) is 25.1 Å². The summed E-state index contributed by atoms with van der Waals surface area (Å²) in [5.41, 5.74) is 1.93. The highest BCUT2D eigenvalue weighted by atomic mass is 16.5. The molecule has 0 amide bonds. The molecule has 0 atom stereocenters. The largest absolute Gasteiger partial charge is 0.496 e. The van der Waals surface area contributed by atoms with E-state index < -0.39 is 0 Å². The molecule has 108 valence electrons. The minimum atomic E-state index is 0.392. The number of aromatic nitrogens is 2. The maximum atomic E-state index is 5.50. The van der Waals surface area contributed by atoms with Crippen molar-refractivity contribution in [3.05, 3.63) is 29.7 Å². The summed E-state index contributed by atoms with van der Waals surface area (Å²) in [5, 5.41) is 14.2. The molecule has 0 saturated heterocycles. The average Bonchev–Trinajstić information content (AvgIpc) is 2.87. The number of hydrogen-bond donors (Lipinski definition) is 2. The fourth-order valence-electron chi connectivity index (χ4n) is 1.83. The topological polar surface area (TPSA) is 72.2 Å². The maximum Gasteiger partial charge on any atom is 0.320 e. The van der Waals surface area contributed by atoms with E-state index in [-0.39, 0.29) is 0 Å². The summed E-state index contributed by atoms with van der Waals surface area (Å²) in [6.45, 7) is 5.62. The first kappa shape index (κ1) is 14.3. The third-order valence-corrected chi connectivity index (χ3v) is 2.82. The van der Waals surface area contributed by atoms with Crippen LogP contribution in [0.1, 0.15) is 24.8 Å². The smallest absolute Gasteiger partial charge is 0.320 e. The van der Waals surface area contributed by atoms with E-state index in [1.54, 1.807) is 7.11 Å². The number of ether oxygens (including phenoxy) is 1. The lowest BCUT2D eigenvalue weighted by Gasteiger charge is -2.07. The molecule has 6 heteroatoms. The summed E-state index contributed by atoms with van der Waals surface area (Å²) < 4.78 is 10.7. The number of methoxy groups -OCH3 is 1. The van der Waals surface area contributed by atoms with Crippen LogP contribution >= 0.6 is 0 Å². The van der Waals surface area contributed by atoms with Crippen LogP contribution in [0.3, 0.4) is 0 Å². The molecule has 0 spiro atoms. The number of anilines is 2. The minimum absolute atomic E-state index is 0.392. The molecule has 1 aromatic carbocycles. The Labute approximate surface area is 118 Å². The van der Waals surface area contributed by atoms with E-state index in [1.165, 1.54) is 0 Å². The fraction of sp³-hybridized carbons (Fsp3) is 0.429. The van der Waals surface area contributed by atoms with Crippen molar-refractivity contribution in [2.75, 3.05) is 19.0 Å². The predicted molar refractivity (Wildman–Crippen MR) is 77.3 cm³/mol. The van der Waals surface area contributed by atoms with Gasteiger partial charge in [-0.05, 0) is 43.7 Å². The lowest BCUT2D eigenvalue weighted by atomic mass is 10.2. The first-order valence-electron chi connectivity index (χ1n) is 6.67. The fourth-order valence-corrected chi connectivity index (χ4v) is 1.83. The van der Waals surface area contributed by atoms with Crippen LogP contribution in [0, 0.1) is 6.92 Å². The Kier molecular flexibility index (Phi) is 4.95. The second-order valence-corrected chi connectivity index (χ2v) is 4.49. The standard InChI is InChI=1S/C14H20N4O2/c1-4-7-15-9-13-17-18-14(20-13)16-11-5-6-12(19-3)10(2)8-11/h5-6,8,15H,4,7,9H2,1-3H3,(H,16,18). The van der Waals surface area contributed by atoms with Crippen molar-refractivity contribution in [2.45, 2.75) is 26.8 Å². The van der Waals surface area contributed by atoms with Crippen molar-refractivity contribution in [1.29, 1.82) is 0 Å². The molecular weight excluding hydrogens is 256 g/mol. The Morgan fingerprint density at radius 3 is 2.85 bits per heavy atom. The Morgan fingerprint density at radius 1 is 1.30 bits per heavy atom. The zero-order valence-corrected chi connectivity index (χ0v) is 12.1. The van der Waals surface area contributed by atoms with Gasteiger partial charge in [-0.3, -0.25) is 0 Å². The number of rotatable bonds is 7. The first-order chi connectivity index (χ1) is 9.72. The summed E-state index contributed by atoms with van der Waals surface area (Å²) in [7, 11) is 1.66. The van der Waals surface area contributed by atoms with Crippen LogP contribution in [0.4, 0.5) is 11.7 Å². The lowest BCUT2D eigenvalue weighted by molar-refractivity contribution is 0.412. The van der Waals surface area contributed by atoms with Gasteiger partial charge in [0, 0.05) is 5.69 Å². The Balaban J connectivity index is 1.97. The van der Waals surface area contributed by atoms with Crippen molar-refractivity contribution < 1.29 is 9.15 Å². The van der Waals surface area contributed by atoms with Gasteiger partial charge in [0.1, 0.15) is 5.75 Å². The molecular formula is C14H20N4O2. The molecule has 20 heavy (non-hydrogen) atoms. The third kappa shape index (κ3) is 3.71. The van der Waals surface area contributed by atoms with E-state index in [2.05, 4.69) is 27.8 Å². The lowest BCUT2D eigenvalue weighted by Crippen LogP contribution is -2.13. The van der Waals surface area contributed by atoms with Gasteiger partial charge < -0.3 is 19.8 Å². The highest BCUT2D eigenvalue weighted by Crippen LogP contribution is 2.23. The highest BCUT2D eigenvalue weighted by molar-refractivity contribution is 5.56. The van der Waals surface area contributed by atoms with Crippen molar-refractivity contribution in [2.24, 2.45) is 0 Å². The van der Waals surface area contributed by atoms with Crippen LogP contribution < -0.4 is 15.4 Å². The Morgan fingerprint density at radius 2 is 2.15 bits per heavy atom. The van der Waals surface area contributed by atoms with Crippen LogP contribution in [0.15, 0.2) is 22.6 Å². The van der Waals surface area contributed by atoms with Crippen molar-refractivity contribution >= 4 is 11.7 Å². The van der Waals surface area contributed by atoms with Gasteiger partial charge >= 0.3 is 6.01 Å². The van der Waals surface area contributed by atoms with Gasteiger partial charge in [-0.25, -0.2) is 0 Å². The van der Waals surface area contributed by atoms with E-state index in [9.17, 15) is 0 Å². The van der Waals surface area contributed by atoms with Gasteiger partial charge in [-0.1, -0.05) is 12.0 Å². The third-order valence-electron chi connectivity index (χ3n) is 2.82. The number of benzene rings is 1. The average molecular weight is 276 g/mol. The van der Waals surface area contributed by atoms with Gasteiger partial charge in [-0.15, -0.1) is 5.10 Å². The number of aryl methyl sites for hydroxylation is 1. The molecule has 0 bridgehead atoms. The predicted octanol–water partition coefficient (Wildman–Crippen LogP) is 2.63. The van der Waals surface area contributed by atoms with Gasteiger partial charge in [0.2, 0.25) is 5.89 Å². The second kappa shape index (κ2) is 6.91. The second-order valence-electron chi connectivity index (χ2n) is 4.49. The first-order valence-corrected chi connectivity index (χ1v) is 6.67. The van der Waals surface area contributed by atoms with E-state index in [4.69, 9.17) is 9.15 Å². The van der Waals surface area contributed by atoms with Gasteiger partial charge in [-0.2, -0.15) is 0 Å². The van der Waals surface area contributed by atoms with Crippen LogP contribution in [0.5, 0.6) is 5.75 Å². The summed E-state index contributed by atoms with van der Waals surface area (Å²) in [6, 6.07) is 6.17. The zero-order valence-electron chi connectivity index (χ0n) is 12.1. The van der Waals surface area contributed by atoms with E-state index in [0.717, 1.165) is 30.0 Å². The summed E-state index contributed by atoms with van der Waals surface area (Å²) in [6.07, 6.45) is 1.07. The van der Waals surface area contributed by atoms with Gasteiger partial charge in [0.15, 0.2) is 0 Å². The summed E-state index contributed by atoms with van der Waals surface area (Å²) in [4.78, 5) is 0. The molecule has 0 fully saturated rings. The monoisotopic (exact) mass is 276 g/mol.